The number of anilines is 1. The second-order valence-electron chi connectivity index (χ2n) is 9.30. The molecule has 0 saturated carbocycles. The smallest absolute Gasteiger partial charge is 0.248 e. The lowest BCUT2D eigenvalue weighted by Crippen LogP contribution is -2.46. The first-order valence-electron chi connectivity index (χ1n) is 12.2. The van der Waals surface area contributed by atoms with E-state index in [1.807, 2.05) is 25.1 Å². The van der Waals surface area contributed by atoms with Gasteiger partial charge in [-0.15, -0.1) is 0 Å². The van der Waals surface area contributed by atoms with E-state index in [-0.39, 0.29) is 41.3 Å². The molecule has 1 saturated heterocycles. The van der Waals surface area contributed by atoms with E-state index in [1.165, 1.54) is 22.5 Å². The highest BCUT2D eigenvalue weighted by atomic mass is 32.2. The number of halogens is 1. The maximum absolute atomic E-state index is 14.0. The van der Waals surface area contributed by atoms with E-state index in [1.54, 1.807) is 30.0 Å². The van der Waals surface area contributed by atoms with Crippen molar-refractivity contribution in [1.29, 1.82) is 0 Å². The molecule has 0 unspecified atom stereocenters. The molecule has 0 aliphatic carbocycles. The first-order chi connectivity index (χ1) is 17.8. The molecule has 0 spiro atoms. The molecule has 1 aromatic heterocycles. The molecule has 0 atom stereocenters. The average molecular weight is 526 g/mol. The van der Waals surface area contributed by atoms with Gasteiger partial charge in [-0.3, -0.25) is 4.79 Å². The van der Waals surface area contributed by atoms with Gasteiger partial charge in [0.25, 0.3) is 0 Å². The molecule has 1 amide bonds. The quantitative estimate of drug-likeness (QED) is 0.490. The molecule has 3 heterocycles. The van der Waals surface area contributed by atoms with Crippen LogP contribution in [0.25, 0.3) is 12.2 Å². The second-order valence-corrected chi connectivity index (χ2v) is 11.2. The second kappa shape index (κ2) is 10.1. The fourth-order valence-corrected chi connectivity index (χ4v) is 6.54. The number of carbonyl (C=O) groups excluding carboxylic acids is 1. The van der Waals surface area contributed by atoms with Crippen LogP contribution in [-0.4, -0.2) is 50.0 Å². The highest BCUT2D eigenvalue weighted by molar-refractivity contribution is 7.89. The minimum Gasteiger partial charge on any atom is -0.490 e. The molecule has 8 nitrogen and oxygen atoms in total. The number of piperidine rings is 1. The van der Waals surface area contributed by atoms with Crippen LogP contribution in [0.2, 0.25) is 0 Å². The summed E-state index contributed by atoms with van der Waals surface area (Å²) in [5, 5.41) is 3.85. The van der Waals surface area contributed by atoms with E-state index in [0.717, 1.165) is 11.3 Å². The van der Waals surface area contributed by atoms with Gasteiger partial charge in [0.2, 0.25) is 15.9 Å². The topological polar surface area (TPSA) is 93.0 Å². The third-order valence-corrected chi connectivity index (χ3v) is 8.86. The summed E-state index contributed by atoms with van der Waals surface area (Å²) in [6, 6.07) is 11.9. The number of carbonyl (C=O) groups is 1. The summed E-state index contributed by atoms with van der Waals surface area (Å²) in [5.74, 6) is -0.00341. The fourth-order valence-electron chi connectivity index (χ4n) is 4.82. The molecular weight excluding hydrogens is 497 g/mol. The van der Waals surface area contributed by atoms with Gasteiger partial charge in [-0.25, -0.2) is 12.8 Å². The number of rotatable bonds is 5. The molecule has 1 fully saturated rings. The Bertz CT molecular complexity index is 1460. The number of ether oxygens (including phenoxy) is 1. The van der Waals surface area contributed by atoms with Crippen molar-refractivity contribution in [3.05, 3.63) is 70.9 Å². The Labute approximate surface area is 215 Å². The van der Waals surface area contributed by atoms with Crippen molar-refractivity contribution < 1.29 is 26.9 Å². The highest BCUT2D eigenvalue weighted by Gasteiger charge is 2.38. The van der Waals surface area contributed by atoms with Gasteiger partial charge >= 0.3 is 0 Å². The lowest BCUT2D eigenvalue weighted by atomic mass is 9.96. The van der Waals surface area contributed by atoms with E-state index in [4.69, 9.17) is 9.26 Å². The molecule has 3 aromatic rings. The van der Waals surface area contributed by atoms with Crippen molar-refractivity contribution in [2.45, 2.75) is 31.6 Å². The largest absolute Gasteiger partial charge is 0.490 e. The predicted octanol–water partition coefficient (Wildman–Crippen LogP) is 4.43. The Balaban J connectivity index is 1.31. The Morgan fingerprint density at radius 3 is 2.59 bits per heavy atom. The maximum Gasteiger partial charge on any atom is 0.248 e. The molecule has 2 aliphatic rings. The summed E-state index contributed by atoms with van der Waals surface area (Å²) in [7, 11) is -3.94. The summed E-state index contributed by atoms with van der Waals surface area (Å²) in [6.07, 6.45) is 3.68. The number of hydrogen-bond acceptors (Lipinski definition) is 6. The molecule has 10 heteroatoms. The van der Waals surface area contributed by atoms with Gasteiger partial charge < -0.3 is 14.2 Å². The van der Waals surface area contributed by atoms with E-state index >= 15 is 0 Å². The molecule has 2 aliphatic heterocycles. The van der Waals surface area contributed by atoms with Crippen molar-refractivity contribution in [3.63, 3.8) is 0 Å². The third kappa shape index (κ3) is 4.91. The Hall–Kier alpha value is -3.50. The first kappa shape index (κ1) is 25.2. The van der Waals surface area contributed by atoms with Crippen LogP contribution in [-0.2, 0) is 14.8 Å². The van der Waals surface area contributed by atoms with Crippen LogP contribution in [0.4, 0.5) is 10.1 Å². The van der Waals surface area contributed by atoms with Crippen LogP contribution in [0.5, 0.6) is 5.75 Å². The Morgan fingerprint density at radius 2 is 1.84 bits per heavy atom. The number of hydrogen-bond donors (Lipinski definition) is 0. The average Bonchev–Trinajstić information content (AvgIpc) is 3.28. The van der Waals surface area contributed by atoms with Gasteiger partial charge in [0.1, 0.15) is 23.9 Å². The van der Waals surface area contributed by atoms with Crippen molar-refractivity contribution in [1.82, 2.24) is 9.46 Å². The van der Waals surface area contributed by atoms with Crippen LogP contribution >= 0.6 is 0 Å². The molecule has 5 rings (SSSR count). The van der Waals surface area contributed by atoms with Gasteiger partial charge in [0.05, 0.1) is 12.2 Å². The molecule has 2 aromatic carbocycles. The van der Waals surface area contributed by atoms with Crippen LogP contribution in [0.1, 0.15) is 35.4 Å². The van der Waals surface area contributed by atoms with Crippen molar-refractivity contribution >= 4 is 33.8 Å². The maximum atomic E-state index is 14.0. The SMILES string of the molecule is Cc1ccc2c(c1)N(C(=O)C1CCN(S(=O)(=O)c3c(C)noc3/C=C/c3ccccc3F)CC1)CCO2. The number of sulfonamides is 1. The standard InChI is InChI=1S/C27H28FN3O5S/c1-18-7-9-24-23(17-18)31(15-16-35-24)27(32)21-11-13-30(14-12-21)37(33,34)26-19(2)29-36-25(26)10-8-20-5-3-4-6-22(20)28/h3-10,17,21H,11-16H2,1-2H3/b10-8+. The van der Waals surface area contributed by atoms with Gasteiger partial charge in [0.15, 0.2) is 10.7 Å². The van der Waals surface area contributed by atoms with Gasteiger partial charge in [-0.1, -0.05) is 29.4 Å². The van der Waals surface area contributed by atoms with E-state index in [9.17, 15) is 17.6 Å². The summed E-state index contributed by atoms with van der Waals surface area (Å²) >= 11 is 0. The zero-order chi connectivity index (χ0) is 26.2. The van der Waals surface area contributed by atoms with Gasteiger partial charge in [-0.05, 0) is 62.6 Å². The van der Waals surface area contributed by atoms with Crippen LogP contribution < -0.4 is 9.64 Å². The lowest BCUT2D eigenvalue weighted by molar-refractivity contribution is -0.123. The molecule has 0 radical (unpaired) electrons. The predicted molar refractivity (Wildman–Crippen MR) is 137 cm³/mol. The number of aromatic nitrogens is 1. The number of nitrogens with zero attached hydrogens (tertiary/aromatic N) is 3. The monoisotopic (exact) mass is 525 g/mol. The van der Waals surface area contributed by atoms with Gasteiger partial charge in [-0.2, -0.15) is 4.31 Å². The molecule has 194 valence electrons. The molecular formula is C27H28FN3O5S. The van der Waals surface area contributed by atoms with Crippen LogP contribution in [0, 0.1) is 25.6 Å². The van der Waals surface area contributed by atoms with Crippen LogP contribution in [0.3, 0.4) is 0 Å². The number of benzene rings is 2. The van der Waals surface area contributed by atoms with E-state index < -0.39 is 15.8 Å². The summed E-state index contributed by atoms with van der Waals surface area (Å²) in [6.45, 7) is 4.81. The molecule has 0 bridgehead atoms. The third-order valence-electron chi connectivity index (χ3n) is 6.80. The summed E-state index contributed by atoms with van der Waals surface area (Å²) in [5.41, 5.74) is 2.33. The number of aryl methyl sites for hydroxylation is 2. The molecule has 0 N–H and O–H groups in total. The Kier molecular flexibility index (Phi) is 6.87. The lowest BCUT2D eigenvalue weighted by Gasteiger charge is -2.36. The van der Waals surface area contributed by atoms with E-state index in [0.29, 0.717) is 37.3 Å². The normalized spacial score (nSPS) is 17.1. The van der Waals surface area contributed by atoms with Crippen LogP contribution in [0.15, 0.2) is 51.9 Å². The van der Waals surface area contributed by atoms with Crippen molar-refractivity contribution in [3.8, 4) is 5.75 Å². The zero-order valence-corrected chi connectivity index (χ0v) is 21.5. The van der Waals surface area contributed by atoms with Crippen molar-refractivity contribution in [2.75, 3.05) is 31.1 Å². The van der Waals surface area contributed by atoms with Crippen molar-refractivity contribution in [2.24, 2.45) is 5.92 Å². The fraction of sp³-hybridized carbons (Fsp3) is 0.333. The minimum atomic E-state index is -3.94. The highest BCUT2D eigenvalue weighted by Crippen LogP contribution is 2.35. The summed E-state index contributed by atoms with van der Waals surface area (Å²) in [4.78, 5) is 15.1. The van der Waals surface area contributed by atoms with E-state index in [2.05, 4.69) is 5.16 Å². The Morgan fingerprint density at radius 1 is 1.08 bits per heavy atom. The molecule has 37 heavy (non-hydrogen) atoms. The first-order valence-corrected chi connectivity index (χ1v) is 13.6. The summed E-state index contributed by atoms with van der Waals surface area (Å²) < 4.78 is 53.5. The minimum absolute atomic E-state index is 0.0122. The number of amides is 1. The zero-order valence-electron chi connectivity index (χ0n) is 20.7. The number of fused-ring (bicyclic) bond motifs is 1. The van der Waals surface area contributed by atoms with Gasteiger partial charge in [0, 0.05) is 24.6 Å².